The summed E-state index contributed by atoms with van der Waals surface area (Å²) in [6.45, 7) is 1.46. The molecule has 5 heteroatoms. The summed E-state index contributed by atoms with van der Waals surface area (Å²) >= 11 is 1.47. The maximum Gasteiger partial charge on any atom is 0.221 e. The van der Waals surface area contributed by atoms with E-state index in [2.05, 4.69) is 5.32 Å². The zero-order valence-corrected chi connectivity index (χ0v) is 12.4. The van der Waals surface area contributed by atoms with Crippen molar-refractivity contribution in [1.29, 1.82) is 0 Å². The van der Waals surface area contributed by atoms with Gasteiger partial charge in [0.05, 0.1) is 6.10 Å². The molecule has 2 aromatic carbocycles. The first-order valence-electron chi connectivity index (χ1n) is 6.48. The first-order valence-corrected chi connectivity index (χ1v) is 7.47. The number of anilines is 1. The Labute approximate surface area is 127 Å². The van der Waals surface area contributed by atoms with E-state index < -0.39 is 6.10 Å². The van der Waals surface area contributed by atoms with Gasteiger partial charge < -0.3 is 10.4 Å². The summed E-state index contributed by atoms with van der Waals surface area (Å²) < 4.78 is 13.1. The van der Waals surface area contributed by atoms with Gasteiger partial charge in [0.1, 0.15) is 5.82 Å². The molecule has 1 amide bonds. The van der Waals surface area contributed by atoms with Crippen LogP contribution in [0.3, 0.4) is 0 Å². The van der Waals surface area contributed by atoms with Crippen LogP contribution in [0.25, 0.3) is 0 Å². The minimum Gasteiger partial charge on any atom is -0.388 e. The van der Waals surface area contributed by atoms with Crippen LogP contribution in [0.2, 0.25) is 0 Å². The highest BCUT2D eigenvalue weighted by molar-refractivity contribution is 7.99. The van der Waals surface area contributed by atoms with E-state index in [0.29, 0.717) is 11.3 Å². The maximum atomic E-state index is 13.1. The van der Waals surface area contributed by atoms with Crippen molar-refractivity contribution in [3.8, 4) is 0 Å². The van der Waals surface area contributed by atoms with E-state index in [1.165, 1.54) is 30.8 Å². The standard InChI is InChI=1S/C16H16FNO2S/c1-11(19)18-14-5-7-15(8-6-14)21-10-16(20)12-3-2-4-13(17)9-12/h2-9,16,20H,10H2,1H3,(H,18,19). The van der Waals surface area contributed by atoms with E-state index in [-0.39, 0.29) is 11.7 Å². The topological polar surface area (TPSA) is 49.3 Å². The highest BCUT2D eigenvalue weighted by Gasteiger charge is 2.09. The van der Waals surface area contributed by atoms with Gasteiger partial charge in [0.2, 0.25) is 5.91 Å². The molecular formula is C16H16FNO2S. The van der Waals surface area contributed by atoms with E-state index in [1.807, 2.05) is 12.1 Å². The maximum absolute atomic E-state index is 13.1. The third kappa shape index (κ3) is 4.88. The van der Waals surface area contributed by atoms with E-state index >= 15 is 0 Å². The predicted octanol–water partition coefficient (Wildman–Crippen LogP) is 3.61. The molecule has 2 N–H and O–H groups in total. The highest BCUT2D eigenvalue weighted by atomic mass is 32.2. The van der Waals surface area contributed by atoms with Crippen LogP contribution < -0.4 is 5.32 Å². The first-order chi connectivity index (χ1) is 10.0. The van der Waals surface area contributed by atoms with Gasteiger partial charge in [-0.05, 0) is 42.0 Å². The summed E-state index contributed by atoms with van der Waals surface area (Å²) in [6.07, 6.45) is -0.722. The summed E-state index contributed by atoms with van der Waals surface area (Å²) in [7, 11) is 0. The second kappa shape index (κ2) is 7.24. The Bertz CT molecular complexity index is 616. The molecule has 0 saturated carbocycles. The summed E-state index contributed by atoms with van der Waals surface area (Å²) in [4.78, 5) is 11.9. The summed E-state index contributed by atoms with van der Waals surface area (Å²) in [6, 6.07) is 13.3. The van der Waals surface area contributed by atoms with Gasteiger partial charge in [-0.1, -0.05) is 12.1 Å². The van der Waals surface area contributed by atoms with Gasteiger partial charge in [-0.15, -0.1) is 11.8 Å². The molecule has 0 radical (unpaired) electrons. The summed E-state index contributed by atoms with van der Waals surface area (Å²) in [5, 5.41) is 12.7. The number of halogens is 1. The number of aliphatic hydroxyl groups excluding tert-OH is 1. The molecule has 0 spiro atoms. The number of hydrogen-bond donors (Lipinski definition) is 2. The molecule has 0 saturated heterocycles. The molecule has 0 heterocycles. The zero-order chi connectivity index (χ0) is 15.2. The summed E-state index contributed by atoms with van der Waals surface area (Å²) in [5.74, 6) is -0.0312. The fraction of sp³-hybridized carbons (Fsp3) is 0.188. The molecule has 0 aliphatic heterocycles. The predicted molar refractivity (Wildman–Crippen MR) is 82.8 cm³/mol. The molecule has 0 aliphatic carbocycles. The molecule has 21 heavy (non-hydrogen) atoms. The van der Waals surface area contributed by atoms with Crippen molar-refractivity contribution >= 4 is 23.4 Å². The number of benzene rings is 2. The van der Waals surface area contributed by atoms with Crippen LogP contribution in [-0.4, -0.2) is 16.8 Å². The number of carbonyl (C=O) groups excluding carboxylic acids is 1. The normalized spacial score (nSPS) is 12.0. The molecule has 0 aromatic heterocycles. The van der Waals surface area contributed by atoms with Crippen LogP contribution in [0, 0.1) is 5.82 Å². The molecule has 1 atom stereocenters. The van der Waals surface area contributed by atoms with Crippen LogP contribution in [0.4, 0.5) is 10.1 Å². The third-order valence-electron chi connectivity index (χ3n) is 2.82. The Balaban J connectivity index is 1.92. The van der Waals surface area contributed by atoms with Gasteiger partial charge in [0.15, 0.2) is 0 Å². The van der Waals surface area contributed by atoms with Crippen molar-refractivity contribution in [2.24, 2.45) is 0 Å². The van der Waals surface area contributed by atoms with Gasteiger partial charge in [-0.2, -0.15) is 0 Å². The van der Waals surface area contributed by atoms with E-state index in [0.717, 1.165) is 10.6 Å². The van der Waals surface area contributed by atoms with Gasteiger partial charge in [0, 0.05) is 23.3 Å². The second-order valence-corrected chi connectivity index (χ2v) is 5.68. The smallest absolute Gasteiger partial charge is 0.221 e. The number of carbonyl (C=O) groups is 1. The molecule has 2 aromatic rings. The van der Waals surface area contributed by atoms with E-state index in [4.69, 9.17) is 0 Å². The quantitative estimate of drug-likeness (QED) is 0.830. The SMILES string of the molecule is CC(=O)Nc1ccc(SCC(O)c2cccc(F)c2)cc1. The number of rotatable bonds is 5. The molecule has 0 bridgehead atoms. The Morgan fingerprint density at radius 1 is 1.29 bits per heavy atom. The molecule has 2 rings (SSSR count). The number of nitrogens with one attached hydrogen (secondary N) is 1. The van der Waals surface area contributed by atoms with Crippen LogP contribution in [0.15, 0.2) is 53.4 Å². The van der Waals surface area contributed by atoms with E-state index in [1.54, 1.807) is 24.3 Å². The lowest BCUT2D eigenvalue weighted by Crippen LogP contribution is -2.05. The van der Waals surface area contributed by atoms with Crippen molar-refractivity contribution in [2.75, 3.05) is 11.1 Å². The molecular weight excluding hydrogens is 289 g/mol. The Morgan fingerprint density at radius 3 is 2.62 bits per heavy atom. The van der Waals surface area contributed by atoms with Crippen molar-refractivity contribution in [1.82, 2.24) is 0 Å². The average Bonchev–Trinajstić information content (AvgIpc) is 2.45. The third-order valence-corrected chi connectivity index (χ3v) is 3.90. The zero-order valence-electron chi connectivity index (χ0n) is 11.5. The van der Waals surface area contributed by atoms with Crippen LogP contribution in [-0.2, 0) is 4.79 Å². The molecule has 0 fully saturated rings. The van der Waals surface area contributed by atoms with Crippen molar-refractivity contribution in [3.63, 3.8) is 0 Å². The second-order valence-electron chi connectivity index (χ2n) is 4.59. The van der Waals surface area contributed by atoms with Crippen LogP contribution >= 0.6 is 11.8 Å². The lowest BCUT2D eigenvalue weighted by Gasteiger charge is -2.11. The van der Waals surface area contributed by atoms with Gasteiger partial charge in [-0.3, -0.25) is 4.79 Å². The monoisotopic (exact) mass is 305 g/mol. The van der Waals surface area contributed by atoms with Gasteiger partial charge in [0.25, 0.3) is 0 Å². The molecule has 0 aliphatic rings. The number of amides is 1. The number of hydrogen-bond acceptors (Lipinski definition) is 3. The minimum atomic E-state index is -0.722. The van der Waals surface area contributed by atoms with Gasteiger partial charge in [-0.25, -0.2) is 4.39 Å². The molecule has 1 unspecified atom stereocenters. The van der Waals surface area contributed by atoms with Crippen molar-refractivity contribution in [3.05, 3.63) is 59.9 Å². The molecule has 110 valence electrons. The molecule has 3 nitrogen and oxygen atoms in total. The summed E-state index contributed by atoms with van der Waals surface area (Å²) in [5.41, 5.74) is 1.30. The van der Waals surface area contributed by atoms with E-state index in [9.17, 15) is 14.3 Å². The number of aliphatic hydroxyl groups is 1. The average molecular weight is 305 g/mol. The largest absolute Gasteiger partial charge is 0.388 e. The lowest BCUT2D eigenvalue weighted by atomic mass is 10.1. The van der Waals surface area contributed by atoms with Crippen molar-refractivity contribution < 1.29 is 14.3 Å². The minimum absolute atomic E-state index is 0.114. The fourth-order valence-corrected chi connectivity index (χ4v) is 2.69. The Morgan fingerprint density at radius 2 is 2.00 bits per heavy atom. The van der Waals surface area contributed by atoms with Crippen LogP contribution in [0.1, 0.15) is 18.6 Å². The first kappa shape index (κ1) is 15.5. The highest BCUT2D eigenvalue weighted by Crippen LogP contribution is 2.26. The Hall–Kier alpha value is -1.85. The number of thioether (sulfide) groups is 1. The fourth-order valence-electron chi connectivity index (χ4n) is 1.82. The Kier molecular flexibility index (Phi) is 5.36. The van der Waals surface area contributed by atoms with Crippen LogP contribution in [0.5, 0.6) is 0 Å². The lowest BCUT2D eigenvalue weighted by molar-refractivity contribution is -0.114. The van der Waals surface area contributed by atoms with Gasteiger partial charge >= 0.3 is 0 Å². The van der Waals surface area contributed by atoms with Crippen molar-refractivity contribution in [2.45, 2.75) is 17.9 Å².